The molecule has 4 heteroatoms. The first-order chi connectivity index (χ1) is 6.65. The van der Waals surface area contributed by atoms with Gasteiger partial charge in [-0.3, -0.25) is 4.79 Å². The van der Waals surface area contributed by atoms with E-state index >= 15 is 0 Å². The van der Waals surface area contributed by atoms with E-state index in [2.05, 4.69) is 0 Å². The number of nitrogens with zero attached hydrogens (tertiary/aromatic N) is 1. The lowest BCUT2D eigenvalue weighted by Gasteiger charge is -2.04. The summed E-state index contributed by atoms with van der Waals surface area (Å²) < 4.78 is 0. The van der Waals surface area contributed by atoms with E-state index in [-0.39, 0.29) is 5.75 Å². The molecule has 1 N–H and O–H groups in total. The SMILES string of the molecule is Cc1cccc(C#N)c1SCC(=O)O. The van der Waals surface area contributed by atoms with Crippen molar-refractivity contribution in [2.24, 2.45) is 0 Å². The molecule has 1 aromatic rings. The molecule has 0 unspecified atom stereocenters. The van der Waals surface area contributed by atoms with Crippen LogP contribution in [0.25, 0.3) is 0 Å². The van der Waals surface area contributed by atoms with Crippen molar-refractivity contribution in [3.05, 3.63) is 29.3 Å². The molecule has 0 saturated heterocycles. The third-order valence-electron chi connectivity index (χ3n) is 1.67. The highest BCUT2D eigenvalue weighted by Crippen LogP contribution is 2.25. The molecular weight excluding hydrogens is 198 g/mol. The smallest absolute Gasteiger partial charge is 0.313 e. The van der Waals surface area contributed by atoms with Gasteiger partial charge in [0.05, 0.1) is 11.3 Å². The number of aryl methyl sites for hydroxylation is 1. The molecule has 1 rings (SSSR count). The van der Waals surface area contributed by atoms with E-state index in [4.69, 9.17) is 10.4 Å². The molecule has 0 atom stereocenters. The average molecular weight is 207 g/mol. The summed E-state index contributed by atoms with van der Waals surface area (Å²) in [6, 6.07) is 7.39. The van der Waals surface area contributed by atoms with Crippen molar-refractivity contribution in [1.29, 1.82) is 5.26 Å². The Bertz CT molecular complexity index is 396. The third-order valence-corrected chi connectivity index (χ3v) is 2.89. The molecule has 0 heterocycles. The number of thioether (sulfide) groups is 1. The summed E-state index contributed by atoms with van der Waals surface area (Å²) in [5.74, 6) is -0.887. The van der Waals surface area contributed by atoms with Crippen molar-refractivity contribution in [2.45, 2.75) is 11.8 Å². The number of benzene rings is 1. The van der Waals surface area contributed by atoms with Crippen LogP contribution in [0.2, 0.25) is 0 Å². The Labute approximate surface area is 86.4 Å². The molecule has 0 saturated carbocycles. The fourth-order valence-corrected chi connectivity index (χ4v) is 1.90. The third kappa shape index (κ3) is 2.51. The van der Waals surface area contributed by atoms with Crippen LogP contribution in [-0.4, -0.2) is 16.8 Å². The lowest BCUT2D eigenvalue weighted by Crippen LogP contribution is -1.98. The van der Waals surface area contributed by atoms with Gasteiger partial charge in [0.2, 0.25) is 0 Å². The van der Waals surface area contributed by atoms with Crippen molar-refractivity contribution in [3.8, 4) is 6.07 Å². The molecule has 0 fully saturated rings. The second kappa shape index (κ2) is 4.68. The van der Waals surface area contributed by atoms with Crippen molar-refractivity contribution in [1.82, 2.24) is 0 Å². The van der Waals surface area contributed by atoms with Gasteiger partial charge in [0.1, 0.15) is 6.07 Å². The van der Waals surface area contributed by atoms with Crippen LogP contribution in [0.5, 0.6) is 0 Å². The van der Waals surface area contributed by atoms with Gasteiger partial charge in [-0.05, 0) is 18.6 Å². The van der Waals surface area contributed by atoms with E-state index in [0.717, 1.165) is 10.5 Å². The minimum absolute atomic E-state index is 0.0144. The first-order valence-corrected chi connectivity index (χ1v) is 4.98. The fraction of sp³-hybridized carbons (Fsp3) is 0.200. The molecule has 72 valence electrons. The molecule has 0 aliphatic carbocycles. The predicted octanol–water partition coefficient (Wildman–Crippen LogP) is 2.04. The van der Waals surface area contributed by atoms with Crippen LogP contribution in [0, 0.1) is 18.3 Å². The summed E-state index contributed by atoms with van der Waals surface area (Å²) in [6.07, 6.45) is 0. The van der Waals surface area contributed by atoms with Gasteiger partial charge in [-0.25, -0.2) is 0 Å². The molecule has 0 radical (unpaired) electrons. The first-order valence-electron chi connectivity index (χ1n) is 3.99. The minimum atomic E-state index is -0.873. The van der Waals surface area contributed by atoms with Crippen LogP contribution in [0.15, 0.2) is 23.1 Å². The summed E-state index contributed by atoms with van der Waals surface area (Å²) in [5, 5.41) is 17.3. The van der Waals surface area contributed by atoms with Crippen LogP contribution in [0.4, 0.5) is 0 Å². The van der Waals surface area contributed by atoms with Gasteiger partial charge in [-0.1, -0.05) is 12.1 Å². The molecule has 0 aromatic heterocycles. The van der Waals surface area contributed by atoms with Gasteiger partial charge < -0.3 is 5.11 Å². The summed E-state index contributed by atoms with van der Waals surface area (Å²) in [5.41, 5.74) is 1.48. The highest BCUT2D eigenvalue weighted by molar-refractivity contribution is 8.00. The topological polar surface area (TPSA) is 61.1 Å². The number of rotatable bonds is 3. The van der Waals surface area contributed by atoms with Crippen LogP contribution >= 0.6 is 11.8 Å². The maximum Gasteiger partial charge on any atom is 0.313 e. The van der Waals surface area contributed by atoms with E-state index in [1.165, 1.54) is 11.8 Å². The Balaban J connectivity index is 2.94. The fourth-order valence-electron chi connectivity index (χ4n) is 1.07. The summed E-state index contributed by atoms with van der Waals surface area (Å²) >= 11 is 1.18. The summed E-state index contributed by atoms with van der Waals surface area (Å²) in [7, 11) is 0. The molecule has 1 aromatic carbocycles. The van der Waals surface area contributed by atoms with E-state index in [0.29, 0.717) is 5.56 Å². The van der Waals surface area contributed by atoms with Gasteiger partial charge in [-0.15, -0.1) is 11.8 Å². The van der Waals surface area contributed by atoms with Crippen molar-refractivity contribution in [2.75, 3.05) is 5.75 Å². The van der Waals surface area contributed by atoms with Crippen molar-refractivity contribution < 1.29 is 9.90 Å². The minimum Gasteiger partial charge on any atom is -0.481 e. The maximum absolute atomic E-state index is 10.4. The standard InChI is InChI=1S/C10H9NO2S/c1-7-3-2-4-8(5-11)10(7)14-6-9(12)13/h2-4H,6H2,1H3,(H,12,13). The number of carboxylic acid groups (broad SMARTS) is 1. The number of aliphatic carboxylic acids is 1. The Morgan fingerprint density at radius 2 is 2.36 bits per heavy atom. The maximum atomic E-state index is 10.4. The Morgan fingerprint density at radius 3 is 2.93 bits per heavy atom. The van der Waals surface area contributed by atoms with Gasteiger partial charge >= 0.3 is 5.97 Å². The summed E-state index contributed by atoms with van der Waals surface area (Å²) in [4.78, 5) is 11.1. The second-order valence-electron chi connectivity index (χ2n) is 2.75. The first kappa shape index (κ1) is 10.6. The zero-order chi connectivity index (χ0) is 10.6. The largest absolute Gasteiger partial charge is 0.481 e. The van der Waals surface area contributed by atoms with Gasteiger partial charge in [-0.2, -0.15) is 5.26 Å². The van der Waals surface area contributed by atoms with Crippen LogP contribution < -0.4 is 0 Å². The molecule has 0 amide bonds. The van der Waals surface area contributed by atoms with E-state index in [1.807, 2.05) is 19.1 Å². The number of carboxylic acids is 1. The van der Waals surface area contributed by atoms with Crippen molar-refractivity contribution >= 4 is 17.7 Å². The molecule has 0 aliphatic heterocycles. The molecule has 14 heavy (non-hydrogen) atoms. The Hall–Kier alpha value is -1.47. The van der Waals surface area contributed by atoms with E-state index < -0.39 is 5.97 Å². The molecule has 0 bridgehead atoms. The molecular formula is C10H9NO2S. The number of carbonyl (C=O) groups is 1. The van der Waals surface area contributed by atoms with Crippen LogP contribution in [-0.2, 0) is 4.79 Å². The Morgan fingerprint density at radius 1 is 1.64 bits per heavy atom. The molecule has 3 nitrogen and oxygen atoms in total. The number of nitriles is 1. The lowest BCUT2D eigenvalue weighted by atomic mass is 10.1. The van der Waals surface area contributed by atoms with E-state index in [9.17, 15) is 4.79 Å². The zero-order valence-electron chi connectivity index (χ0n) is 7.65. The zero-order valence-corrected chi connectivity index (χ0v) is 8.47. The summed E-state index contributed by atoms with van der Waals surface area (Å²) in [6.45, 7) is 1.87. The predicted molar refractivity (Wildman–Crippen MR) is 54.3 cm³/mol. The highest BCUT2D eigenvalue weighted by Gasteiger charge is 2.07. The molecule has 0 aliphatic rings. The normalized spacial score (nSPS) is 9.43. The van der Waals surface area contributed by atoms with Gasteiger partial charge in [0.15, 0.2) is 0 Å². The lowest BCUT2D eigenvalue weighted by molar-refractivity contribution is -0.133. The quantitative estimate of drug-likeness (QED) is 0.770. The van der Waals surface area contributed by atoms with Gasteiger partial charge in [0.25, 0.3) is 0 Å². The van der Waals surface area contributed by atoms with Gasteiger partial charge in [0, 0.05) is 4.90 Å². The number of hydrogen-bond donors (Lipinski definition) is 1. The van der Waals surface area contributed by atoms with Crippen LogP contribution in [0.1, 0.15) is 11.1 Å². The highest BCUT2D eigenvalue weighted by atomic mass is 32.2. The average Bonchev–Trinajstić information content (AvgIpc) is 2.15. The Kier molecular flexibility index (Phi) is 3.55. The van der Waals surface area contributed by atoms with E-state index in [1.54, 1.807) is 12.1 Å². The second-order valence-corrected chi connectivity index (χ2v) is 3.73. The van der Waals surface area contributed by atoms with Crippen LogP contribution in [0.3, 0.4) is 0 Å². The van der Waals surface area contributed by atoms with Crippen molar-refractivity contribution in [3.63, 3.8) is 0 Å². The molecule has 0 spiro atoms. The monoisotopic (exact) mass is 207 g/mol. The number of hydrogen-bond acceptors (Lipinski definition) is 3.